The first-order valence-corrected chi connectivity index (χ1v) is 10.2. The van der Waals surface area contributed by atoms with Crippen LogP contribution in [0.15, 0.2) is 37.1 Å². The summed E-state index contributed by atoms with van der Waals surface area (Å²) in [5.74, 6) is -0.0371. The molecule has 0 bridgehead atoms. The second-order valence-corrected chi connectivity index (χ2v) is 8.82. The highest BCUT2D eigenvalue weighted by Crippen LogP contribution is 2.41. The highest BCUT2D eigenvalue weighted by molar-refractivity contribution is 7.88. The number of fused-ring (bicyclic) bond motifs is 1. The Bertz CT molecular complexity index is 752. The average molecular weight is 364 g/mol. The first kappa shape index (κ1) is 18.0. The molecule has 3 rings (SSSR count). The van der Waals surface area contributed by atoms with Crippen LogP contribution in [0, 0.1) is 11.3 Å². The molecule has 2 aliphatic rings. The highest BCUT2D eigenvalue weighted by atomic mass is 32.2. The molecule has 7 nitrogen and oxygen atoms in total. The number of carbonyl (C=O) groups is 1. The molecule has 1 N–H and O–H groups in total. The summed E-state index contributed by atoms with van der Waals surface area (Å²) in [5.41, 5.74) is 0.0931. The van der Waals surface area contributed by atoms with Crippen LogP contribution < -0.4 is 5.32 Å². The van der Waals surface area contributed by atoms with Crippen LogP contribution in [0.5, 0.6) is 0 Å². The number of carbonyl (C=O) groups excluding carboxylic acids is 1. The molecule has 25 heavy (non-hydrogen) atoms. The lowest BCUT2D eigenvalue weighted by Crippen LogP contribution is -2.49. The van der Waals surface area contributed by atoms with Crippen molar-refractivity contribution in [2.45, 2.75) is 6.54 Å². The van der Waals surface area contributed by atoms with Gasteiger partial charge in [-0.3, -0.25) is 9.78 Å². The van der Waals surface area contributed by atoms with Gasteiger partial charge in [-0.25, -0.2) is 12.7 Å². The van der Waals surface area contributed by atoms with E-state index in [-0.39, 0.29) is 18.4 Å². The number of hydrogen-bond donors (Lipinski definition) is 1. The van der Waals surface area contributed by atoms with Crippen molar-refractivity contribution in [3.63, 3.8) is 0 Å². The molecule has 2 fully saturated rings. The van der Waals surface area contributed by atoms with Gasteiger partial charge in [-0.05, 0) is 12.1 Å². The first-order valence-electron chi connectivity index (χ1n) is 8.33. The molecule has 8 heteroatoms. The summed E-state index contributed by atoms with van der Waals surface area (Å²) in [6.45, 7) is 6.33. The lowest BCUT2D eigenvalue weighted by atomic mass is 9.79. The van der Waals surface area contributed by atoms with Gasteiger partial charge in [-0.1, -0.05) is 12.1 Å². The molecule has 3 heterocycles. The molecular formula is C17H24N4O3S. The summed E-state index contributed by atoms with van der Waals surface area (Å²) in [6.07, 6.45) is 4.60. The second kappa shape index (κ2) is 6.86. The van der Waals surface area contributed by atoms with Gasteiger partial charge in [-0.15, -0.1) is 6.58 Å². The number of nitrogens with zero attached hydrogens (tertiary/aromatic N) is 3. The Hall–Kier alpha value is -1.77. The topological polar surface area (TPSA) is 82.6 Å². The van der Waals surface area contributed by atoms with E-state index in [9.17, 15) is 13.2 Å². The van der Waals surface area contributed by atoms with E-state index in [2.05, 4.69) is 16.9 Å². The maximum absolute atomic E-state index is 13.4. The summed E-state index contributed by atoms with van der Waals surface area (Å²) in [7, 11) is -3.31. The maximum atomic E-state index is 13.4. The first-order chi connectivity index (χ1) is 11.9. The Morgan fingerprint density at radius 1 is 1.56 bits per heavy atom. The van der Waals surface area contributed by atoms with E-state index in [4.69, 9.17) is 0 Å². The molecule has 0 radical (unpaired) electrons. The van der Waals surface area contributed by atoms with Crippen molar-refractivity contribution in [1.82, 2.24) is 19.5 Å². The Kier molecular flexibility index (Phi) is 4.95. The van der Waals surface area contributed by atoms with Crippen molar-refractivity contribution in [1.29, 1.82) is 0 Å². The van der Waals surface area contributed by atoms with Gasteiger partial charge < -0.3 is 10.2 Å². The molecule has 2 aliphatic heterocycles. The molecular weight excluding hydrogens is 340 g/mol. The fourth-order valence-electron chi connectivity index (χ4n) is 3.81. The lowest BCUT2D eigenvalue weighted by molar-refractivity contribution is -0.141. The number of sulfonamides is 1. The summed E-state index contributed by atoms with van der Waals surface area (Å²) in [5, 5.41) is 3.27. The number of hydrogen-bond acceptors (Lipinski definition) is 5. The monoisotopic (exact) mass is 364 g/mol. The SMILES string of the molecule is C=CCN(Cc1ccccn1)C(=O)[C@@]12CNC[C@@H]1CN(S(C)(=O)=O)C2. The van der Waals surface area contributed by atoms with E-state index < -0.39 is 15.4 Å². The predicted molar refractivity (Wildman–Crippen MR) is 95.1 cm³/mol. The minimum Gasteiger partial charge on any atom is -0.333 e. The predicted octanol–water partition coefficient (Wildman–Crippen LogP) is 0.0772. The largest absolute Gasteiger partial charge is 0.333 e. The Morgan fingerprint density at radius 3 is 3.00 bits per heavy atom. The normalized spacial score (nSPS) is 26.4. The van der Waals surface area contributed by atoms with Gasteiger partial charge in [0.1, 0.15) is 0 Å². The summed E-state index contributed by atoms with van der Waals surface area (Å²) in [6, 6.07) is 5.60. The number of amides is 1. The maximum Gasteiger partial charge on any atom is 0.232 e. The third kappa shape index (κ3) is 3.47. The average Bonchev–Trinajstić information content (AvgIpc) is 3.12. The molecule has 1 aromatic rings. The molecule has 2 saturated heterocycles. The molecule has 136 valence electrons. The Morgan fingerprint density at radius 2 is 2.36 bits per heavy atom. The van der Waals surface area contributed by atoms with Gasteiger partial charge in [-0.2, -0.15) is 0 Å². The number of aromatic nitrogens is 1. The molecule has 0 aromatic carbocycles. The van der Waals surface area contributed by atoms with Crippen LogP contribution in [0.3, 0.4) is 0 Å². The van der Waals surface area contributed by atoms with Gasteiger partial charge in [0.15, 0.2) is 0 Å². The highest BCUT2D eigenvalue weighted by Gasteiger charge is 2.57. The van der Waals surface area contributed by atoms with Gasteiger partial charge in [0.25, 0.3) is 0 Å². The summed E-state index contributed by atoms with van der Waals surface area (Å²) < 4.78 is 25.4. The van der Waals surface area contributed by atoms with Gasteiger partial charge in [0, 0.05) is 44.8 Å². The smallest absolute Gasteiger partial charge is 0.232 e. The van der Waals surface area contributed by atoms with Crippen LogP contribution >= 0.6 is 0 Å². The molecule has 0 aliphatic carbocycles. The van der Waals surface area contributed by atoms with Crippen molar-refractivity contribution in [3.8, 4) is 0 Å². The van der Waals surface area contributed by atoms with Crippen molar-refractivity contribution in [2.24, 2.45) is 11.3 Å². The zero-order valence-corrected chi connectivity index (χ0v) is 15.2. The Balaban J connectivity index is 1.86. The van der Waals surface area contributed by atoms with E-state index >= 15 is 0 Å². The Labute approximate surface area is 148 Å². The van der Waals surface area contributed by atoms with Crippen LogP contribution in [0.4, 0.5) is 0 Å². The lowest BCUT2D eigenvalue weighted by Gasteiger charge is -2.33. The van der Waals surface area contributed by atoms with E-state index in [1.165, 1.54) is 10.6 Å². The standard InChI is InChI=1S/C17H24N4O3S/c1-3-8-20(11-15-6-4-5-7-19-15)16(22)17-12-18-9-14(17)10-21(13-17)25(2,23)24/h3-7,14,18H,1,8-13H2,2H3/t14-,17-/m1/s1. The zero-order valence-electron chi connectivity index (χ0n) is 14.4. The van der Waals surface area contributed by atoms with Gasteiger partial charge in [0.2, 0.25) is 15.9 Å². The van der Waals surface area contributed by atoms with Crippen molar-refractivity contribution < 1.29 is 13.2 Å². The van der Waals surface area contributed by atoms with E-state index in [1.54, 1.807) is 17.2 Å². The zero-order chi connectivity index (χ0) is 18.1. The molecule has 1 amide bonds. The van der Waals surface area contributed by atoms with E-state index in [1.807, 2.05) is 18.2 Å². The number of rotatable bonds is 6. The van der Waals surface area contributed by atoms with Crippen LogP contribution in [0.25, 0.3) is 0 Å². The van der Waals surface area contributed by atoms with Crippen molar-refractivity contribution >= 4 is 15.9 Å². The molecule has 0 spiro atoms. The van der Waals surface area contributed by atoms with Crippen molar-refractivity contribution in [3.05, 3.63) is 42.7 Å². The third-order valence-corrected chi connectivity index (χ3v) is 6.32. The van der Waals surface area contributed by atoms with Crippen LogP contribution in [-0.2, 0) is 21.4 Å². The number of pyridine rings is 1. The minimum absolute atomic E-state index is 0.00854. The van der Waals surface area contributed by atoms with Crippen LogP contribution in [-0.4, -0.2) is 67.5 Å². The third-order valence-electron chi connectivity index (χ3n) is 5.11. The summed E-state index contributed by atoms with van der Waals surface area (Å²) in [4.78, 5) is 19.4. The summed E-state index contributed by atoms with van der Waals surface area (Å²) >= 11 is 0. The minimum atomic E-state index is -3.31. The molecule has 0 unspecified atom stereocenters. The van der Waals surface area contributed by atoms with Crippen LogP contribution in [0.1, 0.15) is 5.69 Å². The molecule has 0 saturated carbocycles. The van der Waals surface area contributed by atoms with Crippen molar-refractivity contribution in [2.75, 3.05) is 39.0 Å². The fraction of sp³-hybridized carbons (Fsp3) is 0.529. The van der Waals surface area contributed by atoms with Gasteiger partial charge in [0.05, 0.1) is 23.9 Å². The van der Waals surface area contributed by atoms with Gasteiger partial charge >= 0.3 is 0 Å². The fourth-order valence-corrected chi connectivity index (χ4v) is 4.72. The van der Waals surface area contributed by atoms with E-state index in [0.29, 0.717) is 32.7 Å². The van der Waals surface area contributed by atoms with Crippen LogP contribution in [0.2, 0.25) is 0 Å². The molecule has 1 aromatic heterocycles. The second-order valence-electron chi connectivity index (χ2n) is 6.83. The number of nitrogens with one attached hydrogen (secondary N) is 1. The molecule has 2 atom stereocenters. The quantitative estimate of drug-likeness (QED) is 0.723. The van der Waals surface area contributed by atoms with E-state index in [0.717, 1.165) is 5.69 Å².